The van der Waals surface area contributed by atoms with Crippen LogP contribution in [0.2, 0.25) is 10.0 Å². The molecule has 106 valence electrons. The molecule has 0 saturated heterocycles. The van der Waals surface area contributed by atoms with Gasteiger partial charge in [-0.2, -0.15) is 0 Å². The van der Waals surface area contributed by atoms with Crippen LogP contribution in [0.1, 0.15) is 25.7 Å². The van der Waals surface area contributed by atoms with Crippen LogP contribution in [0.3, 0.4) is 0 Å². The number of rotatable bonds is 4. The van der Waals surface area contributed by atoms with Gasteiger partial charge >= 0.3 is 0 Å². The Hall–Kier alpha value is -0.330. The molecule has 1 fully saturated rings. The van der Waals surface area contributed by atoms with Crippen LogP contribution in [0.4, 0.5) is 0 Å². The molecule has 3 N–H and O–H groups in total. The maximum Gasteiger partial charge on any atom is 0.242 e. The highest BCUT2D eigenvalue weighted by molar-refractivity contribution is 7.89. The van der Waals surface area contributed by atoms with E-state index in [1.807, 2.05) is 0 Å². The first-order valence-electron chi connectivity index (χ1n) is 6.08. The van der Waals surface area contributed by atoms with E-state index in [9.17, 15) is 8.42 Å². The highest BCUT2D eigenvalue weighted by Gasteiger charge is 2.37. The number of nitrogens with one attached hydrogen (secondary N) is 1. The van der Waals surface area contributed by atoms with Gasteiger partial charge in [-0.25, -0.2) is 13.1 Å². The van der Waals surface area contributed by atoms with Crippen LogP contribution in [-0.2, 0) is 10.0 Å². The summed E-state index contributed by atoms with van der Waals surface area (Å²) in [6, 6.07) is 4.33. The molecule has 4 nitrogen and oxygen atoms in total. The molecule has 1 saturated carbocycles. The molecule has 0 radical (unpaired) electrons. The van der Waals surface area contributed by atoms with Crippen molar-refractivity contribution in [3.63, 3.8) is 0 Å². The van der Waals surface area contributed by atoms with Crippen molar-refractivity contribution in [2.24, 2.45) is 5.73 Å². The Morgan fingerprint density at radius 1 is 1.26 bits per heavy atom. The van der Waals surface area contributed by atoms with Crippen molar-refractivity contribution in [3.05, 3.63) is 28.2 Å². The summed E-state index contributed by atoms with van der Waals surface area (Å²) in [7, 11) is -3.68. The summed E-state index contributed by atoms with van der Waals surface area (Å²) >= 11 is 11.7. The minimum Gasteiger partial charge on any atom is -0.329 e. The molecule has 0 unspecified atom stereocenters. The summed E-state index contributed by atoms with van der Waals surface area (Å²) in [5.41, 5.74) is 5.20. The number of sulfonamides is 1. The number of halogens is 2. The highest BCUT2D eigenvalue weighted by Crippen LogP contribution is 2.32. The molecule has 1 aromatic carbocycles. The predicted molar refractivity (Wildman–Crippen MR) is 77.0 cm³/mol. The molecular weight excluding hydrogens is 307 g/mol. The molecule has 1 aliphatic rings. The second kappa shape index (κ2) is 5.58. The quantitative estimate of drug-likeness (QED) is 0.894. The van der Waals surface area contributed by atoms with Crippen molar-refractivity contribution < 1.29 is 8.42 Å². The van der Waals surface area contributed by atoms with Crippen molar-refractivity contribution >= 4 is 33.2 Å². The summed E-state index contributed by atoms with van der Waals surface area (Å²) in [4.78, 5) is 0.0401. The summed E-state index contributed by atoms with van der Waals surface area (Å²) in [5, 5.41) is 0.517. The maximum absolute atomic E-state index is 12.4. The van der Waals surface area contributed by atoms with Gasteiger partial charge in [-0.05, 0) is 31.0 Å². The average Bonchev–Trinajstić information content (AvgIpc) is 2.77. The lowest BCUT2D eigenvalue weighted by Crippen LogP contribution is -2.51. The SMILES string of the molecule is NCC1(NS(=O)(=O)c2ccc(Cl)cc2Cl)CCCC1. The average molecular weight is 323 g/mol. The van der Waals surface area contributed by atoms with Gasteiger partial charge in [-0.3, -0.25) is 0 Å². The van der Waals surface area contributed by atoms with Crippen LogP contribution in [0, 0.1) is 0 Å². The first-order valence-corrected chi connectivity index (χ1v) is 8.32. The molecule has 7 heteroatoms. The molecule has 19 heavy (non-hydrogen) atoms. The third-order valence-corrected chi connectivity index (χ3v) is 5.78. The fraction of sp³-hybridized carbons (Fsp3) is 0.500. The Morgan fingerprint density at radius 2 is 1.89 bits per heavy atom. The summed E-state index contributed by atoms with van der Waals surface area (Å²) in [5.74, 6) is 0. The van der Waals surface area contributed by atoms with E-state index in [1.54, 1.807) is 0 Å². The smallest absolute Gasteiger partial charge is 0.242 e. The maximum atomic E-state index is 12.4. The van der Waals surface area contributed by atoms with Crippen molar-refractivity contribution in [3.8, 4) is 0 Å². The number of hydrogen-bond acceptors (Lipinski definition) is 3. The monoisotopic (exact) mass is 322 g/mol. The standard InChI is InChI=1S/C12H16Cl2N2O2S/c13-9-3-4-11(10(14)7-9)19(17,18)16-12(8-15)5-1-2-6-12/h3-4,7,16H,1-2,5-6,8,15H2. The molecule has 0 heterocycles. The van der Waals surface area contributed by atoms with Gasteiger partial charge in [0.15, 0.2) is 0 Å². The van der Waals surface area contributed by atoms with Gasteiger partial charge in [-0.15, -0.1) is 0 Å². The molecule has 2 rings (SSSR count). The Balaban J connectivity index is 2.32. The van der Waals surface area contributed by atoms with Crippen LogP contribution in [0.25, 0.3) is 0 Å². The van der Waals surface area contributed by atoms with E-state index < -0.39 is 15.6 Å². The number of nitrogens with two attached hydrogens (primary N) is 1. The van der Waals surface area contributed by atoms with Gasteiger partial charge in [0.05, 0.1) is 5.02 Å². The first-order chi connectivity index (χ1) is 8.88. The zero-order valence-electron chi connectivity index (χ0n) is 10.3. The highest BCUT2D eigenvalue weighted by atomic mass is 35.5. The predicted octanol–water partition coefficient (Wildman–Crippen LogP) is 2.54. The van der Waals surface area contributed by atoms with E-state index in [1.165, 1.54) is 18.2 Å². The van der Waals surface area contributed by atoms with Crippen molar-refractivity contribution in [1.29, 1.82) is 0 Å². The minimum absolute atomic E-state index is 0.0401. The molecule has 1 aliphatic carbocycles. The third kappa shape index (κ3) is 3.23. The topological polar surface area (TPSA) is 72.2 Å². The summed E-state index contributed by atoms with van der Waals surface area (Å²) in [6.07, 6.45) is 3.48. The fourth-order valence-electron chi connectivity index (χ4n) is 2.43. The third-order valence-electron chi connectivity index (χ3n) is 3.49. The molecule has 0 atom stereocenters. The largest absolute Gasteiger partial charge is 0.329 e. The van der Waals surface area contributed by atoms with E-state index in [0.717, 1.165) is 25.7 Å². The van der Waals surface area contributed by atoms with Crippen molar-refractivity contribution in [1.82, 2.24) is 4.72 Å². The Labute approximate surface area is 123 Å². The second-order valence-corrected chi connectivity index (χ2v) is 7.37. The Bertz CT molecular complexity index is 569. The Morgan fingerprint density at radius 3 is 2.42 bits per heavy atom. The van der Waals surface area contributed by atoms with Crippen LogP contribution in [-0.4, -0.2) is 20.5 Å². The van der Waals surface area contributed by atoms with Crippen LogP contribution in [0.5, 0.6) is 0 Å². The molecule has 0 aliphatic heterocycles. The normalized spacial score (nSPS) is 18.7. The molecule has 0 spiro atoms. The molecule has 0 aromatic heterocycles. The zero-order valence-corrected chi connectivity index (χ0v) is 12.7. The lowest BCUT2D eigenvalue weighted by Gasteiger charge is -2.28. The lowest BCUT2D eigenvalue weighted by atomic mass is 10.0. The molecule has 0 bridgehead atoms. The van der Waals surface area contributed by atoms with Crippen LogP contribution >= 0.6 is 23.2 Å². The van der Waals surface area contributed by atoms with Crippen LogP contribution in [0.15, 0.2) is 23.1 Å². The van der Waals surface area contributed by atoms with Gasteiger partial charge in [0.1, 0.15) is 4.90 Å². The van der Waals surface area contributed by atoms with Crippen molar-refractivity contribution in [2.75, 3.05) is 6.54 Å². The molecule has 1 aromatic rings. The van der Waals surface area contributed by atoms with E-state index in [-0.39, 0.29) is 16.5 Å². The summed E-state index contributed by atoms with van der Waals surface area (Å²) < 4.78 is 27.5. The molecular formula is C12H16Cl2N2O2S. The zero-order chi connectivity index (χ0) is 14.1. The number of benzene rings is 1. The molecule has 0 amide bonds. The first kappa shape index (κ1) is 15.1. The van der Waals surface area contributed by atoms with Gasteiger partial charge in [0.25, 0.3) is 0 Å². The fourth-order valence-corrected chi connectivity index (χ4v) is 4.68. The van der Waals surface area contributed by atoms with E-state index in [0.29, 0.717) is 5.02 Å². The van der Waals surface area contributed by atoms with Gasteiger partial charge < -0.3 is 5.73 Å². The minimum atomic E-state index is -3.68. The summed E-state index contributed by atoms with van der Waals surface area (Å²) in [6.45, 7) is 0.289. The lowest BCUT2D eigenvalue weighted by molar-refractivity contribution is 0.399. The Kier molecular flexibility index (Phi) is 4.42. The number of hydrogen-bond donors (Lipinski definition) is 2. The van der Waals surface area contributed by atoms with E-state index in [2.05, 4.69) is 4.72 Å². The second-order valence-electron chi connectivity index (χ2n) is 4.87. The van der Waals surface area contributed by atoms with E-state index >= 15 is 0 Å². The van der Waals surface area contributed by atoms with Crippen LogP contribution < -0.4 is 10.5 Å². The van der Waals surface area contributed by atoms with Gasteiger partial charge in [0, 0.05) is 17.1 Å². The van der Waals surface area contributed by atoms with Crippen molar-refractivity contribution in [2.45, 2.75) is 36.1 Å². The van der Waals surface area contributed by atoms with Gasteiger partial charge in [-0.1, -0.05) is 36.0 Å². The van der Waals surface area contributed by atoms with Gasteiger partial charge in [0.2, 0.25) is 10.0 Å². The van der Waals surface area contributed by atoms with E-state index in [4.69, 9.17) is 28.9 Å².